The van der Waals surface area contributed by atoms with Crippen LogP contribution < -0.4 is 5.73 Å². The molecule has 21 heavy (non-hydrogen) atoms. The lowest BCUT2D eigenvalue weighted by Crippen LogP contribution is -2.54. The van der Waals surface area contributed by atoms with Gasteiger partial charge in [0, 0.05) is 0 Å². The number of thiophene rings is 1. The zero-order valence-electron chi connectivity index (χ0n) is 10.8. The Morgan fingerprint density at radius 2 is 1.81 bits per heavy atom. The van der Waals surface area contributed by atoms with Gasteiger partial charge in [-0.3, -0.25) is 0 Å². The molecule has 0 aliphatic heterocycles. The number of benzene rings is 1. The molecule has 1 aromatic heterocycles. The molecule has 0 saturated heterocycles. The molecule has 8 heteroatoms. The minimum Gasteiger partial charge on any atom is -0.356 e. The van der Waals surface area contributed by atoms with Gasteiger partial charge in [0.05, 0.1) is 12.1 Å². The largest absolute Gasteiger partial charge is 0.416 e. The van der Waals surface area contributed by atoms with Gasteiger partial charge in [-0.25, -0.2) is 8.42 Å². The first-order chi connectivity index (χ1) is 9.78. The van der Waals surface area contributed by atoms with E-state index in [1.54, 1.807) is 11.4 Å². The molecule has 0 saturated carbocycles. The van der Waals surface area contributed by atoms with E-state index in [-0.39, 0.29) is 16.3 Å². The predicted octanol–water partition coefficient (Wildman–Crippen LogP) is 2.52. The van der Waals surface area contributed by atoms with Crippen LogP contribution in [0.3, 0.4) is 0 Å². The van der Waals surface area contributed by atoms with Crippen LogP contribution in [0.25, 0.3) is 0 Å². The Hall–Kier alpha value is -1.38. The molecule has 3 nitrogen and oxygen atoms in total. The normalized spacial score (nSPS) is 14.1. The first-order valence-electron chi connectivity index (χ1n) is 6.01. The van der Waals surface area contributed by atoms with Gasteiger partial charge >= 0.3 is 6.18 Å². The molecule has 0 fully saturated rings. The fraction of sp³-hybridized carbons (Fsp3) is 0.231. The molecular formula is C13H13F3NO2S2+. The number of quaternary nitrogens is 1. The molecule has 2 aromatic rings. The van der Waals surface area contributed by atoms with Crippen molar-refractivity contribution in [1.82, 2.24) is 0 Å². The molecule has 0 amide bonds. The monoisotopic (exact) mass is 336 g/mol. The summed E-state index contributed by atoms with van der Waals surface area (Å²) in [6, 6.07) is 7.67. The van der Waals surface area contributed by atoms with E-state index in [9.17, 15) is 21.6 Å². The molecule has 0 aliphatic rings. The molecular weight excluding hydrogens is 323 g/mol. The van der Waals surface area contributed by atoms with Gasteiger partial charge in [-0.1, -0.05) is 24.3 Å². The first-order valence-corrected chi connectivity index (χ1v) is 8.44. The van der Waals surface area contributed by atoms with E-state index in [0.29, 0.717) is 0 Å². The maximum Gasteiger partial charge on any atom is 0.416 e. The number of alkyl halides is 3. The highest BCUT2D eigenvalue weighted by Crippen LogP contribution is 2.38. The van der Waals surface area contributed by atoms with Gasteiger partial charge in [0.15, 0.2) is 9.84 Å². The molecule has 114 valence electrons. The number of sulfone groups is 1. The van der Waals surface area contributed by atoms with Crippen molar-refractivity contribution in [2.45, 2.75) is 15.6 Å². The third kappa shape index (κ3) is 3.12. The summed E-state index contributed by atoms with van der Waals surface area (Å²) in [7, 11) is -3.89. The Bertz CT molecular complexity index is 709. The van der Waals surface area contributed by atoms with Crippen molar-refractivity contribution < 1.29 is 27.3 Å². The summed E-state index contributed by atoms with van der Waals surface area (Å²) < 4.78 is 64.3. The van der Waals surface area contributed by atoms with E-state index in [1.807, 2.05) is 0 Å². The van der Waals surface area contributed by atoms with E-state index in [2.05, 4.69) is 5.73 Å². The first kappa shape index (κ1) is 16.0. The van der Waals surface area contributed by atoms with Crippen LogP contribution >= 0.6 is 11.3 Å². The average molecular weight is 336 g/mol. The second-order valence-electron chi connectivity index (χ2n) is 4.34. The van der Waals surface area contributed by atoms with Crippen LogP contribution in [0.4, 0.5) is 13.2 Å². The maximum atomic E-state index is 13.1. The van der Waals surface area contributed by atoms with Crippen molar-refractivity contribution in [2.75, 3.05) is 6.54 Å². The second-order valence-corrected chi connectivity index (χ2v) is 7.64. The zero-order valence-corrected chi connectivity index (χ0v) is 12.4. The Balaban J connectivity index is 2.59. The molecule has 1 heterocycles. The highest BCUT2D eigenvalue weighted by molar-refractivity contribution is 7.93. The number of rotatable bonds is 4. The molecule has 0 radical (unpaired) electrons. The Kier molecular flexibility index (Phi) is 4.40. The zero-order chi connectivity index (χ0) is 15.7. The summed E-state index contributed by atoms with van der Waals surface area (Å²) in [4.78, 5) is 0. The van der Waals surface area contributed by atoms with Gasteiger partial charge in [0.2, 0.25) is 0 Å². The lowest BCUT2D eigenvalue weighted by atomic mass is 10.0. The molecule has 1 atom stereocenters. The summed E-state index contributed by atoms with van der Waals surface area (Å²) in [6.07, 6.45) is -4.60. The van der Waals surface area contributed by atoms with Crippen LogP contribution in [-0.4, -0.2) is 15.0 Å². The van der Waals surface area contributed by atoms with Gasteiger partial charge in [-0.15, -0.1) is 11.3 Å². The van der Waals surface area contributed by atoms with Crippen molar-refractivity contribution in [3.8, 4) is 0 Å². The summed E-state index contributed by atoms with van der Waals surface area (Å²) in [5, 5.41) is 0.261. The topological polar surface area (TPSA) is 61.8 Å². The van der Waals surface area contributed by atoms with Crippen LogP contribution in [0.15, 0.2) is 46.0 Å². The smallest absolute Gasteiger partial charge is 0.356 e. The quantitative estimate of drug-likeness (QED) is 0.932. The molecule has 0 unspecified atom stereocenters. The van der Waals surface area contributed by atoms with Crippen LogP contribution in [0.2, 0.25) is 0 Å². The molecule has 3 N–H and O–H groups in total. The van der Waals surface area contributed by atoms with E-state index < -0.39 is 26.8 Å². The fourth-order valence-electron chi connectivity index (χ4n) is 2.08. The van der Waals surface area contributed by atoms with Crippen LogP contribution in [-0.2, 0) is 16.0 Å². The van der Waals surface area contributed by atoms with E-state index in [0.717, 1.165) is 17.4 Å². The highest BCUT2D eigenvalue weighted by Gasteiger charge is 2.39. The second kappa shape index (κ2) is 5.78. The number of hydrogen-bond donors (Lipinski definition) is 1. The van der Waals surface area contributed by atoms with Gasteiger partial charge < -0.3 is 5.73 Å². The van der Waals surface area contributed by atoms with Crippen LogP contribution in [0.5, 0.6) is 0 Å². The van der Waals surface area contributed by atoms with Crippen molar-refractivity contribution in [2.24, 2.45) is 0 Å². The average Bonchev–Trinajstić information content (AvgIpc) is 2.93. The predicted molar refractivity (Wildman–Crippen MR) is 73.4 cm³/mol. The maximum absolute atomic E-state index is 13.1. The molecule has 1 aromatic carbocycles. The van der Waals surface area contributed by atoms with E-state index in [1.165, 1.54) is 24.3 Å². The van der Waals surface area contributed by atoms with Crippen molar-refractivity contribution in [3.63, 3.8) is 0 Å². The lowest BCUT2D eigenvalue weighted by Gasteiger charge is -2.18. The minimum absolute atomic E-state index is 0.0492. The molecule has 2 rings (SSSR count). The van der Waals surface area contributed by atoms with E-state index in [4.69, 9.17) is 0 Å². The Morgan fingerprint density at radius 3 is 2.33 bits per heavy atom. The van der Waals surface area contributed by atoms with Gasteiger partial charge in [-0.05, 0) is 23.1 Å². The third-order valence-corrected chi connectivity index (χ3v) is 6.61. The Labute approximate surface area is 124 Å². The van der Waals surface area contributed by atoms with E-state index >= 15 is 0 Å². The highest BCUT2D eigenvalue weighted by atomic mass is 32.2. The van der Waals surface area contributed by atoms with Crippen molar-refractivity contribution >= 4 is 21.2 Å². The standard InChI is InChI=1S/C13H12F3NO2S2/c14-13(15,16)10-5-2-1-4-9(10)11(8-17)21(18,19)12-6-3-7-20-12/h1-7,11H,8,17H2/p+1/t11-/m0/s1. The number of hydrogen-bond acceptors (Lipinski definition) is 3. The summed E-state index contributed by atoms with van der Waals surface area (Å²) >= 11 is 0.985. The molecule has 0 aliphatic carbocycles. The summed E-state index contributed by atoms with van der Waals surface area (Å²) in [5.74, 6) is 0. The van der Waals surface area contributed by atoms with Crippen molar-refractivity contribution in [1.29, 1.82) is 0 Å². The SMILES string of the molecule is [NH3+]C[C@@H](c1ccccc1C(F)(F)F)S(=O)(=O)c1cccs1. The van der Waals surface area contributed by atoms with Gasteiger partial charge in [0.1, 0.15) is 9.46 Å². The fourth-order valence-corrected chi connectivity index (χ4v) is 4.98. The minimum atomic E-state index is -4.60. The van der Waals surface area contributed by atoms with Gasteiger partial charge in [0.25, 0.3) is 0 Å². The lowest BCUT2D eigenvalue weighted by molar-refractivity contribution is -0.367. The van der Waals surface area contributed by atoms with Gasteiger partial charge in [-0.2, -0.15) is 13.2 Å². The number of halogens is 3. The Morgan fingerprint density at radius 1 is 1.14 bits per heavy atom. The van der Waals surface area contributed by atoms with Crippen molar-refractivity contribution in [3.05, 3.63) is 52.9 Å². The van der Waals surface area contributed by atoms with Crippen LogP contribution in [0, 0.1) is 0 Å². The molecule has 0 spiro atoms. The van der Waals surface area contributed by atoms with Crippen LogP contribution in [0.1, 0.15) is 16.4 Å². The third-order valence-electron chi connectivity index (χ3n) is 3.03. The summed E-state index contributed by atoms with van der Waals surface area (Å²) in [6.45, 7) is -0.173. The molecule has 0 bridgehead atoms. The summed E-state index contributed by atoms with van der Waals surface area (Å²) in [5.41, 5.74) is 2.33.